The first-order valence-electron chi connectivity index (χ1n) is 5.96. The molecule has 0 atom stereocenters. The number of urea groups is 1. The molecule has 7 heteroatoms. The molecule has 0 aromatic carbocycles. The average Bonchev–Trinajstić information content (AvgIpc) is 2.54. The van der Waals surface area contributed by atoms with Crippen LogP contribution in [0.1, 0.15) is 31.5 Å². The van der Waals surface area contributed by atoms with Crippen molar-refractivity contribution in [1.29, 1.82) is 0 Å². The highest BCUT2D eigenvalue weighted by Gasteiger charge is 2.23. The first-order chi connectivity index (χ1) is 8.71. The van der Waals surface area contributed by atoms with Gasteiger partial charge in [0.05, 0.1) is 12.6 Å². The van der Waals surface area contributed by atoms with Crippen LogP contribution in [0.2, 0.25) is 0 Å². The summed E-state index contributed by atoms with van der Waals surface area (Å²) in [7, 11) is 1.83. The maximum Gasteiger partial charge on any atom is 0.315 e. The number of aliphatic carboxylic acids is 1. The molecule has 19 heavy (non-hydrogen) atoms. The molecule has 0 saturated carbocycles. The number of nitrogens with one attached hydrogen (secondary N) is 2. The lowest BCUT2D eigenvalue weighted by Gasteiger charge is -2.24. The van der Waals surface area contributed by atoms with E-state index < -0.39 is 17.5 Å². The van der Waals surface area contributed by atoms with Gasteiger partial charge in [0.25, 0.3) is 0 Å². The predicted octanol–water partition coefficient (Wildman–Crippen LogP) is 0.781. The van der Waals surface area contributed by atoms with E-state index in [0.29, 0.717) is 6.54 Å². The van der Waals surface area contributed by atoms with Gasteiger partial charge in [0, 0.05) is 30.4 Å². The second-order valence-electron chi connectivity index (χ2n) is 5.14. The quantitative estimate of drug-likeness (QED) is 0.735. The third kappa shape index (κ3) is 4.61. The second-order valence-corrected chi connectivity index (χ2v) is 5.14. The summed E-state index contributed by atoms with van der Waals surface area (Å²) in [5.74, 6) is -0.951. The van der Waals surface area contributed by atoms with E-state index in [4.69, 9.17) is 5.11 Å². The van der Waals surface area contributed by atoms with Crippen LogP contribution in [0.5, 0.6) is 0 Å². The van der Waals surface area contributed by atoms with Crippen LogP contribution in [-0.2, 0) is 18.4 Å². The van der Waals surface area contributed by atoms with Crippen LogP contribution in [0, 0.1) is 6.92 Å². The van der Waals surface area contributed by atoms with Crippen molar-refractivity contribution in [3.05, 3.63) is 17.5 Å². The number of hydrogen-bond acceptors (Lipinski definition) is 3. The van der Waals surface area contributed by atoms with Gasteiger partial charge in [-0.1, -0.05) is 0 Å². The first kappa shape index (κ1) is 15.0. The molecule has 0 unspecified atom stereocenters. The van der Waals surface area contributed by atoms with Gasteiger partial charge >= 0.3 is 12.0 Å². The van der Waals surface area contributed by atoms with E-state index in [1.54, 1.807) is 24.7 Å². The highest BCUT2D eigenvalue weighted by atomic mass is 16.4. The van der Waals surface area contributed by atoms with Crippen LogP contribution in [0.4, 0.5) is 4.79 Å². The number of carboxylic acid groups (broad SMARTS) is 1. The normalized spacial score (nSPS) is 11.2. The molecule has 7 nitrogen and oxygen atoms in total. The smallest absolute Gasteiger partial charge is 0.315 e. The van der Waals surface area contributed by atoms with Crippen LogP contribution in [-0.4, -0.2) is 32.4 Å². The number of aromatic nitrogens is 2. The number of hydrogen-bond donors (Lipinski definition) is 3. The third-order valence-electron chi connectivity index (χ3n) is 2.82. The van der Waals surface area contributed by atoms with Crippen LogP contribution in [0.25, 0.3) is 0 Å². The van der Waals surface area contributed by atoms with Gasteiger partial charge < -0.3 is 15.7 Å². The lowest BCUT2D eigenvalue weighted by atomic mass is 10.0. The summed E-state index contributed by atoms with van der Waals surface area (Å²) in [6.45, 7) is 5.59. The fourth-order valence-electron chi connectivity index (χ4n) is 1.67. The molecule has 0 radical (unpaired) electrons. The number of rotatable bonds is 5. The van der Waals surface area contributed by atoms with E-state index >= 15 is 0 Å². The molecule has 0 bridgehead atoms. The molecule has 0 aliphatic heterocycles. The molecule has 1 rings (SSSR count). The van der Waals surface area contributed by atoms with Gasteiger partial charge in [0.2, 0.25) is 0 Å². The van der Waals surface area contributed by atoms with Crippen molar-refractivity contribution in [1.82, 2.24) is 20.4 Å². The molecule has 1 heterocycles. The summed E-state index contributed by atoms with van der Waals surface area (Å²) in [4.78, 5) is 22.3. The number of nitrogens with zero attached hydrogens (tertiary/aromatic N) is 2. The standard InChI is InChI=1S/C12H20N4O3/c1-8-9(7-14-16(8)4)6-13-11(19)15-12(2,3)5-10(17)18/h7H,5-6H2,1-4H3,(H,17,18)(H2,13,15,19). The van der Waals surface area contributed by atoms with Gasteiger partial charge in [-0.2, -0.15) is 5.10 Å². The number of amides is 2. The van der Waals surface area contributed by atoms with Crippen molar-refractivity contribution < 1.29 is 14.7 Å². The van der Waals surface area contributed by atoms with Gasteiger partial charge in [-0.25, -0.2) is 4.79 Å². The Morgan fingerprint density at radius 2 is 2.11 bits per heavy atom. The van der Waals surface area contributed by atoms with E-state index in [1.165, 1.54) is 0 Å². The molecule has 0 aliphatic rings. The van der Waals surface area contributed by atoms with Crippen molar-refractivity contribution in [2.75, 3.05) is 0 Å². The fraction of sp³-hybridized carbons (Fsp3) is 0.583. The zero-order valence-electron chi connectivity index (χ0n) is 11.6. The van der Waals surface area contributed by atoms with Crippen LogP contribution < -0.4 is 10.6 Å². The zero-order valence-corrected chi connectivity index (χ0v) is 11.6. The highest BCUT2D eigenvalue weighted by Crippen LogP contribution is 2.08. The van der Waals surface area contributed by atoms with Crippen LogP contribution in [0.3, 0.4) is 0 Å². The summed E-state index contributed by atoms with van der Waals surface area (Å²) in [6.07, 6.45) is 1.56. The fourth-order valence-corrected chi connectivity index (χ4v) is 1.67. The Labute approximate surface area is 112 Å². The molecule has 1 aromatic heterocycles. The largest absolute Gasteiger partial charge is 0.481 e. The Morgan fingerprint density at radius 1 is 1.47 bits per heavy atom. The third-order valence-corrected chi connectivity index (χ3v) is 2.82. The van der Waals surface area contributed by atoms with E-state index in [1.807, 2.05) is 14.0 Å². The molecule has 0 aliphatic carbocycles. The van der Waals surface area contributed by atoms with Crippen molar-refractivity contribution in [2.45, 2.75) is 39.3 Å². The second kappa shape index (κ2) is 5.73. The molecule has 3 N–H and O–H groups in total. The van der Waals surface area contributed by atoms with E-state index in [0.717, 1.165) is 11.3 Å². The zero-order chi connectivity index (χ0) is 14.6. The Morgan fingerprint density at radius 3 is 2.58 bits per heavy atom. The summed E-state index contributed by atoms with van der Waals surface area (Å²) in [6, 6.07) is -0.394. The monoisotopic (exact) mass is 268 g/mol. The summed E-state index contributed by atoms with van der Waals surface area (Å²) >= 11 is 0. The molecule has 1 aromatic rings. The van der Waals surface area contributed by atoms with Crippen LogP contribution >= 0.6 is 0 Å². The maximum absolute atomic E-state index is 11.7. The lowest BCUT2D eigenvalue weighted by Crippen LogP contribution is -2.49. The molecule has 0 spiro atoms. The topological polar surface area (TPSA) is 96.2 Å². The number of aryl methyl sites for hydroxylation is 1. The number of carbonyl (C=O) groups is 2. The molecule has 106 valence electrons. The SMILES string of the molecule is Cc1c(CNC(=O)NC(C)(C)CC(=O)O)cnn1C. The highest BCUT2D eigenvalue weighted by molar-refractivity contribution is 5.76. The van der Waals surface area contributed by atoms with E-state index in [9.17, 15) is 9.59 Å². The maximum atomic E-state index is 11.7. The van der Waals surface area contributed by atoms with Gasteiger partial charge in [-0.15, -0.1) is 0 Å². The molecule has 0 saturated heterocycles. The van der Waals surface area contributed by atoms with Crippen molar-refractivity contribution in [2.24, 2.45) is 7.05 Å². The minimum Gasteiger partial charge on any atom is -0.481 e. The number of carbonyl (C=O) groups excluding carboxylic acids is 1. The van der Waals surface area contributed by atoms with E-state index in [2.05, 4.69) is 15.7 Å². The van der Waals surface area contributed by atoms with Crippen LogP contribution in [0.15, 0.2) is 6.20 Å². The van der Waals surface area contributed by atoms with Gasteiger partial charge in [0.1, 0.15) is 0 Å². The Bertz CT molecular complexity index is 479. The Kier molecular flexibility index (Phi) is 4.52. The Hall–Kier alpha value is -2.05. The number of carboxylic acids is 1. The van der Waals surface area contributed by atoms with Crippen molar-refractivity contribution in [3.8, 4) is 0 Å². The lowest BCUT2D eigenvalue weighted by molar-refractivity contribution is -0.138. The van der Waals surface area contributed by atoms with Crippen molar-refractivity contribution >= 4 is 12.0 Å². The minimum absolute atomic E-state index is 0.133. The molecular formula is C12H20N4O3. The summed E-state index contributed by atoms with van der Waals surface area (Å²) in [5.41, 5.74) is 1.11. The van der Waals surface area contributed by atoms with E-state index in [-0.39, 0.29) is 6.42 Å². The minimum atomic E-state index is -0.951. The predicted molar refractivity (Wildman–Crippen MR) is 69.6 cm³/mol. The Balaban J connectivity index is 2.48. The molecular weight excluding hydrogens is 248 g/mol. The molecule has 0 fully saturated rings. The summed E-state index contributed by atoms with van der Waals surface area (Å²) < 4.78 is 1.73. The van der Waals surface area contributed by atoms with Gasteiger partial charge in [-0.3, -0.25) is 9.48 Å². The molecule has 2 amide bonds. The van der Waals surface area contributed by atoms with Gasteiger partial charge in [-0.05, 0) is 20.8 Å². The first-order valence-corrected chi connectivity index (χ1v) is 5.96. The average molecular weight is 268 g/mol. The van der Waals surface area contributed by atoms with Crippen molar-refractivity contribution in [3.63, 3.8) is 0 Å². The van der Waals surface area contributed by atoms with Gasteiger partial charge in [0.15, 0.2) is 0 Å². The summed E-state index contributed by atoms with van der Waals surface area (Å²) in [5, 5.41) is 18.1.